The lowest BCUT2D eigenvalue weighted by Crippen LogP contribution is -2.48. The number of carbonyl (C=O) groups is 2. The molecule has 6 nitrogen and oxygen atoms in total. The first-order chi connectivity index (χ1) is 6.02. The van der Waals surface area contributed by atoms with Gasteiger partial charge in [-0.3, -0.25) is 9.59 Å². The molecule has 0 rings (SSSR count). The second-order valence-corrected chi connectivity index (χ2v) is 2.49. The first kappa shape index (κ1) is 11.9. The molecule has 76 valence electrons. The van der Waals surface area contributed by atoms with Gasteiger partial charge in [-0.15, -0.1) is 0 Å². The Bertz CT molecular complexity index is 195. The van der Waals surface area contributed by atoms with Gasteiger partial charge in [0.05, 0.1) is 20.6 Å². The fourth-order valence-electron chi connectivity index (χ4n) is 0.714. The molecular weight excluding hydrogens is 176 g/mol. The van der Waals surface area contributed by atoms with E-state index in [0.717, 1.165) is 0 Å². The van der Waals surface area contributed by atoms with Crippen LogP contribution in [0.5, 0.6) is 0 Å². The summed E-state index contributed by atoms with van der Waals surface area (Å²) in [6.45, 7) is 0. The molecule has 0 bridgehead atoms. The summed E-state index contributed by atoms with van der Waals surface area (Å²) in [5.74, 6) is -1.15. The Kier molecular flexibility index (Phi) is 5.01. The summed E-state index contributed by atoms with van der Waals surface area (Å²) >= 11 is 0. The first-order valence-electron chi connectivity index (χ1n) is 3.68. The number of esters is 2. The van der Waals surface area contributed by atoms with Gasteiger partial charge in [-0.05, 0) is 0 Å². The second kappa shape index (κ2) is 5.50. The van der Waals surface area contributed by atoms with Crippen LogP contribution in [-0.2, 0) is 19.1 Å². The molecule has 13 heavy (non-hydrogen) atoms. The quantitative estimate of drug-likeness (QED) is 0.516. The molecule has 0 aliphatic heterocycles. The highest BCUT2D eigenvalue weighted by atomic mass is 16.5. The minimum absolute atomic E-state index is 0.104. The molecule has 0 aliphatic carbocycles. The smallest absolute Gasteiger partial charge is 0.324 e. The molecule has 2 atom stereocenters. The third-order valence-corrected chi connectivity index (χ3v) is 1.56. The van der Waals surface area contributed by atoms with E-state index in [1.165, 1.54) is 14.2 Å². The second-order valence-electron chi connectivity index (χ2n) is 2.49. The normalized spacial score (nSPS) is 14.5. The SMILES string of the molecule is COC(=O)CC(N)[C@H](N)C(=O)OC. The Morgan fingerprint density at radius 2 is 1.77 bits per heavy atom. The van der Waals surface area contributed by atoms with Gasteiger partial charge in [-0.25, -0.2) is 0 Å². The highest BCUT2D eigenvalue weighted by Gasteiger charge is 2.24. The lowest BCUT2D eigenvalue weighted by molar-refractivity contribution is -0.144. The number of hydrogen-bond acceptors (Lipinski definition) is 6. The number of hydrogen-bond donors (Lipinski definition) is 2. The Labute approximate surface area is 76.2 Å². The summed E-state index contributed by atoms with van der Waals surface area (Å²) in [5.41, 5.74) is 10.8. The van der Waals surface area contributed by atoms with Crippen molar-refractivity contribution < 1.29 is 19.1 Å². The predicted octanol–water partition coefficient (Wildman–Crippen LogP) is -1.62. The van der Waals surface area contributed by atoms with Crippen LogP contribution in [-0.4, -0.2) is 38.2 Å². The molecule has 4 N–H and O–H groups in total. The minimum atomic E-state index is -0.996. The molecule has 0 radical (unpaired) electrons. The average molecular weight is 190 g/mol. The topological polar surface area (TPSA) is 105 Å². The summed E-state index contributed by atoms with van der Waals surface area (Å²) < 4.78 is 8.71. The Morgan fingerprint density at radius 1 is 1.23 bits per heavy atom. The van der Waals surface area contributed by atoms with E-state index < -0.39 is 24.0 Å². The van der Waals surface area contributed by atoms with Gasteiger partial charge in [0.25, 0.3) is 0 Å². The molecule has 0 aliphatic rings. The van der Waals surface area contributed by atoms with Crippen LogP contribution >= 0.6 is 0 Å². The van der Waals surface area contributed by atoms with Crippen molar-refractivity contribution in [1.82, 2.24) is 0 Å². The molecule has 0 amide bonds. The van der Waals surface area contributed by atoms with Gasteiger partial charge in [0.2, 0.25) is 0 Å². The van der Waals surface area contributed by atoms with Crippen molar-refractivity contribution in [3.05, 3.63) is 0 Å². The van der Waals surface area contributed by atoms with Crippen LogP contribution in [0.2, 0.25) is 0 Å². The van der Waals surface area contributed by atoms with Gasteiger partial charge >= 0.3 is 11.9 Å². The Balaban J connectivity index is 4.02. The van der Waals surface area contributed by atoms with Crippen LogP contribution in [0.3, 0.4) is 0 Å². The lowest BCUT2D eigenvalue weighted by Gasteiger charge is -2.15. The molecule has 0 fully saturated rings. The zero-order valence-electron chi connectivity index (χ0n) is 7.65. The van der Waals surface area contributed by atoms with Gasteiger partial charge < -0.3 is 20.9 Å². The van der Waals surface area contributed by atoms with E-state index in [0.29, 0.717) is 0 Å². The molecule has 6 heteroatoms. The van der Waals surface area contributed by atoms with Crippen molar-refractivity contribution in [2.24, 2.45) is 11.5 Å². The van der Waals surface area contributed by atoms with Crippen LogP contribution in [0, 0.1) is 0 Å². The van der Waals surface area contributed by atoms with Gasteiger partial charge in [-0.2, -0.15) is 0 Å². The van der Waals surface area contributed by atoms with E-state index in [-0.39, 0.29) is 6.42 Å². The lowest BCUT2D eigenvalue weighted by atomic mass is 10.1. The van der Waals surface area contributed by atoms with Crippen LogP contribution in [0.1, 0.15) is 6.42 Å². The maximum absolute atomic E-state index is 10.8. The van der Waals surface area contributed by atoms with Crippen molar-refractivity contribution >= 4 is 11.9 Å². The van der Waals surface area contributed by atoms with Crippen molar-refractivity contribution in [2.45, 2.75) is 18.5 Å². The fourth-order valence-corrected chi connectivity index (χ4v) is 0.714. The number of carbonyl (C=O) groups excluding carboxylic acids is 2. The van der Waals surface area contributed by atoms with Crippen molar-refractivity contribution in [1.29, 1.82) is 0 Å². The zero-order valence-corrected chi connectivity index (χ0v) is 7.65. The van der Waals surface area contributed by atoms with Crippen LogP contribution in [0.15, 0.2) is 0 Å². The third-order valence-electron chi connectivity index (χ3n) is 1.56. The highest BCUT2D eigenvalue weighted by Crippen LogP contribution is 1.97. The fraction of sp³-hybridized carbons (Fsp3) is 0.714. The van der Waals surface area contributed by atoms with Crippen molar-refractivity contribution in [2.75, 3.05) is 14.2 Å². The maximum Gasteiger partial charge on any atom is 0.324 e. The minimum Gasteiger partial charge on any atom is -0.469 e. The Morgan fingerprint density at radius 3 is 2.15 bits per heavy atom. The average Bonchev–Trinajstić information content (AvgIpc) is 2.14. The van der Waals surface area contributed by atoms with E-state index in [1.807, 2.05) is 0 Å². The van der Waals surface area contributed by atoms with Crippen LogP contribution in [0.4, 0.5) is 0 Å². The number of nitrogens with two attached hydrogens (primary N) is 2. The standard InChI is InChI=1S/C7H14N2O4/c1-12-5(10)3-4(8)6(9)7(11)13-2/h4,6H,3,8-9H2,1-2H3/t4?,6-/m0/s1. The molecule has 0 heterocycles. The molecule has 0 aromatic rings. The summed E-state index contributed by atoms with van der Waals surface area (Å²) in [6, 6.07) is -1.77. The monoisotopic (exact) mass is 190 g/mol. The molecule has 0 spiro atoms. The first-order valence-corrected chi connectivity index (χ1v) is 3.68. The largest absolute Gasteiger partial charge is 0.469 e. The molecular formula is C7H14N2O4. The van der Waals surface area contributed by atoms with E-state index in [1.54, 1.807) is 0 Å². The van der Waals surface area contributed by atoms with Crippen LogP contribution in [0.25, 0.3) is 0 Å². The third kappa shape index (κ3) is 3.86. The van der Waals surface area contributed by atoms with Crippen molar-refractivity contribution in [3.8, 4) is 0 Å². The predicted molar refractivity (Wildman–Crippen MR) is 44.6 cm³/mol. The molecule has 0 saturated carbocycles. The van der Waals surface area contributed by atoms with E-state index in [9.17, 15) is 9.59 Å². The van der Waals surface area contributed by atoms with Gasteiger partial charge in [0.1, 0.15) is 6.04 Å². The molecule has 0 aromatic heterocycles. The van der Waals surface area contributed by atoms with E-state index in [2.05, 4.69) is 9.47 Å². The number of rotatable bonds is 4. The number of methoxy groups -OCH3 is 2. The van der Waals surface area contributed by atoms with Crippen molar-refractivity contribution in [3.63, 3.8) is 0 Å². The summed E-state index contributed by atoms with van der Waals surface area (Å²) in [7, 11) is 2.44. The van der Waals surface area contributed by atoms with Gasteiger partial charge in [0.15, 0.2) is 0 Å². The van der Waals surface area contributed by atoms with Crippen LogP contribution < -0.4 is 11.5 Å². The summed E-state index contributed by atoms with van der Waals surface area (Å²) in [5, 5.41) is 0. The van der Waals surface area contributed by atoms with Gasteiger partial charge in [0, 0.05) is 6.04 Å². The van der Waals surface area contributed by atoms with E-state index in [4.69, 9.17) is 11.5 Å². The summed E-state index contributed by atoms with van der Waals surface area (Å²) in [6.07, 6.45) is -0.104. The number of ether oxygens (including phenoxy) is 2. The Hall–Kier alpha value is -1.14. The van der Waals surface area contributed by atoms with E-state index >= 15 is 0 Å². The van der Waals surface area contributed by atoms with Gasteiger partial charge in [-0.1, -0.05) is 0 Å². The summed E-state index contributed by atoms with van der Waals surface area (Å²) in [4.78, 5) is 21.6. The molecule has 0 aromatic carbocycles. The molecule has 1 unspecified atom stereocenters. The zero-order chi connectivity index (χ0) is 10.4. The molecule has 0 saturated heterocycles. The highest BCUT2D eigenvalue weighted by molar-refractivity contribution is 5.78. The maximum atomic E-state index is 10.8.